The average Bonchev–Trinajstić information content (AvgIpc) is 2.66. The number of benzene rings is 2. The first-order chi connectivity index (χ1) is 12.1. The molecule has 3 rings (SSSR count). The van der Waals surface area contributed by atoms with E-state index in [1.165, 1.54) is 11.1 Å². The van der Waals surface area contributed by atoms with Crippen LogP contribution < -0.4 is 5.32 Å². The summed E-state index contributed by atoms with van der Waals surface area (Å²) in [5.41, 5.74) is 1.86. The van der Waals surface area contributed by atoms with E-state index in [0.29, 0.717) is 0 Å². The van der Waals surface area contributed by atoms with Gasteiger partial charge in [-0.1, -0.05) is 94.3 Å². The molecule has 0 bridgehead atoms. The van der Waals surface area contributed by atoms with Gasteiger partial charge in [-0.2, -0.15) is 0 Å². The molecule has 2 aromatic carbocycles. The summed E-state index contributed by atoms with van der Waals surface area (Å²) in [6, 6.07) is 21.5. The second-order valence-electron chi connectivity index (χ2n) is 7.62. The Morgan fingerprint density at radius 2 is 1.28 bits per heavy atom. The maximum Gasteiger partial charge on any atom is 0.0734 e. The van der Waals surface area contributed by atoms with Gasteiger partial charge in [-0.25, -0.2) is 0 Å². The van der Waals surface area contributed by atoms with Crippen LogP contribution in [0.5, 0.6) is 0 Å². The zero-order valence-electron chi connectivity index (χ0n) is 15.7. The van der Waals surface area contributed by atoms with E-state index in [9.17, 15) is 5.11 Å². The van der Waals surface area contributed by atoms with E-state index in [0.717, 1.165) is 19.3 Å². The van der Waals surface area contributed by atoms with Crippen molar-refractivity contribution in [2.75, 3.05) is 0 Å². The van der Waals surface area contributed by atoms with Gasteiger partial charge in [0.05, 0.1) is 5.60 Å². The Morgan fingerprint density at radius 1 is 0.840 bits per heavy atom. The van der Waals surface area contributed by atoms with Crippen LogP contribution in [0.1, 0.15) is 63.2 Å². The Bertz CT molecular complexity index is 603. The first-order valence-electron chi connectivity index (χ1n) is 9.66. The van der Waals surface area contributed by atoms with E-state index in [1.54, 1.807) is 0 Å². The fourth-order valence-electron chi connectivity index (χ4n) is 4.48. The van der Waals surface area contributed by atoms with Gasteiger partial charge in [-0.3, -0.25) is 0 Å². The minimum absolute atomic E-state index is 0.157. The highest BCUT2D eigenvalue weighted by molar-refractivity contribution is 5.27. The fraction of sp³-hybridized carbons (Fsp3) is 0.478. The van der Waals surface area contributed by atoms with Crippen LogP contribution in [-0.2, 0) is 0 Å². The lowest BCUT2D eigenvalue weighted by Crippen LogP contribution is -2.57. The minimum Gasteiger partial charge on any atom is -0.389 e. The standard InChI is InChI=1S/C23H31NO/c1-4-5-16-23(25)17(2)21(19-12-8-6-9-13-19)24-22(18(23)3)20-14-10-7-11-15-20/h6-15,17-18,21-22,24-25H,4-5,16H2,1-3H3. The van der Waals surface area contributed by atoms with Crippen molar-refractivity contribution in [3.8, 4) is 0 Å². The van der Waals surface area contributed by atoms with Gasteiger partial charge >= 0.3 is 0 Å². The van der Waals surface area contributed by atoms with E-state index in [1.807, 2.05) is 0 Å². The fourth-order valence-corrected chi connectivity index (χ4v) is 4.48. The highest BCUT2D eigenvalue weighted by Crippen LogP contribution is 2.48. The molecule has 0 saturated carbocycles. The third kappa shape index (κ3) is 3.51. The summed E-state index contributed by atoms with van der Waals surface area (Å²) in [4.78, 5) is 0. The predicted octanol–water partition coefficient (Wildman–Crippen LogP) is 5.27. The van der Waals surface area contributed by atoms with Crippen LogP contribution in [0, 0.1) is 11.8 Å². The number of unbranched alkanes of at least 4 members (excludes halogenated alkanes) is 1. The molecule has 25 heavy (non-hydrogen) atoms. The third-order valence-electron chi connectivity index (χ3n) is 6.18. The Hall–Kier alpha value is -1.64. The predicted molar refractivity (Wildman–Crippen MR) is 104 cm³/mol. The van der Waals surface area contributed by atoms with Crippen LogP contribution in [0.25, 0.3) is 0 Å². The zero-order valence-corrected chi connectivity index (χ0v) is 15.7. The molecule has 1 aliphatic heterocycles. The van der Waals surface area contributed by atoms with Crippen molar-refractivity contribution in [3.05, 3.63) is 71.8 Å². The molecule has 4 unspecified atom stereocenters. The van der Waals surface area contributed by atoms with E-state index in [4.69, 9.17) is 0 Å². The first-order valence-corrected chi connectivity index (χ1v) is 9.66. The lowest BCUT2D eigenvalue weighted by atomic mass is 9.64. The van der Waals surface area contributed by atoms with Crippen LogP contribution in [0.15, 0.2) is 60.7 Å². The summed E-state index contributed by atoms with van der Waals surface area (Å²) in [6.45, 7) is 6.61. The summed E-state index contributed by atoms with van der Waals surface area (Å²) >= 11 is 0. The molecule has 4 atom stereocenters. The Kier molecular flexibility index (Phi) is 5.61. The molecule has 0 amide bonds. The third-order valence-corrected chi connectivity index (χ3v) is 6.18. The topological polar surface area (TPSA) is 32.3 Å². The van der Waals surface area contributed by atoms with Crippen molar-refractivity contribution in [2.24, 2.45) is 11.8 Å². The second-order valence-corrected chi connectivity index (χ2v) is 7.62. The molecule has 0 spiro atoms. The van der Waals surface area contributed by atoms with Crippen LogP contribution in [0.4, 0.5) is 0 Å². The van der Waals surface area contributed by atoms with Gasteiger partial charge < -0.3 is 10.4 Å². The molecule has 1 saturated heterocycles. The molecule has 0 radical (unpaired) electrons. The van der Waals surface area contributed by atoms with Crippen molar-refractivity contribution >= 4 is 0 Å². The van der Waals surface area contributed by atoms with E-state index in [-0.39, 0.29) is 23.9 Å². The molecular formula is C23H31NO. The molecule has 1 heterocycles. The van der Waals surface area contributed by atoms with Crippen molar-refractivity contribution < 1.29 is 5.11 Å². The number of hydrogen-bond acceptors (Lipinski definition) is 2. The molecule has 2 N–H and O–H groups in total. The van der Waals surface area contributed by atoms with Crippen LogP contribution in [0.2, 0.25) is 0 Å². The summed E-state index contributed by atoms with van der Waals surface area (Å²) < 4.78 is 0. The maximum absolute atomic E-state index is 11.8. The summed E-state index contributed by atoms with van der Waals surface area (Å²) in [6.07, 6.45) is 3.04. The van der Waals surface area contributed by atoms with Gasteiger partial charge in [0.2, 0.25) is 0 Å². The zero-order chi connectivity index (χ0) is 17.9. The lowest BCUT2D eigenvalue weighted by molar-refractivity contribution is -0.117. The van der Waals surface area contributed by atoms with E-state index >= 15 is 0 Å². The molecular weight excluding hydrogens is 306 g/mol. The molecule has 2 aromatic rings. The van der Waals surface area contributed by atoms with Gasteiger partial charge in [0.15, 0.2) is 0 Å². The highest BCUT2D eigenvalue weighted by atomic mass is 16.3. The number of aliphatic hydroxyl groups is 1. The average molecular weight is 338 g/mol. The SMILES string of the molecule is CCCCC1(O)C(C)C(c2ccccc2)NC(c2ccccc2)C1C. The second kappa shape index (κ2) is 7.72. The molecule has 0 aromatic heterocycles. The van der Waals surface area contributed by atoms with Gasteiger partial charge in [0.25, 0.3) is 0 Å². The Morgan fingerprint density at radius 3 is 1.68 bits per heavy atom. The molecule has 0 aliphatic carbocycles. The van der Waals surface area contributed by atoms with Gasteiger partial charge in [0.1, 0.15) is 0 Å². The van der Waals surface area contributed by atoms with Crippen molar-refractivity contribution in [3.63, 3.8) is 0 Å². The lowest BCUT2D eigenvalue weighted by Gasteiger charge is -2.52. The summed E-state index contributed by atoms with van der Waals surface area (Å²) in [5, 5.41) is 15.6. The Labute approximate surface area is 152 Å². The first kappa shape index (κ1) is 18.2. The number of nitrogens with one attached hydrogen (secondary N) is 1. The van der Waals surface area contributed by atoms with Crippen molar-refractivity contribution in [2.45, 2.75) is 57.7 Å². The molecule has 134 valence electrons. The Balaban J connectivity index is 2.00. The minimum atomic E-state index is -0.664. The molecule has 1 fully saturated rings. The summed E-state index contributed by atoms with van der Waals surface area (Å²) in [5.74, 6) is 0.327. The van der Waals surface area contributed by atoms with Crippen molar-refractivity contribution in [1.29, 1.82) is 0 Å². The van der Waals surface area contributed by atoms with Crippen LogP contribution in [0.3, 0.4) is 0 Å². The summed E-state index contributed by atoms with van der Waals surface area (Å²) in [7, 11) is 0. The number of hydrogen-bond donors (Lipinski definition) is 2. The number of piperidine rings is 1. The quantitative estimate of drug-likeness (QED) is 0.779. The number of rotatable bonds is 5. The monoisotopic (exact) mass is 337 g/mol. The van der Waals surface area contributed by atoms with Gasteiger partial charge in [0, 0.05) is 23.9 Å². The van der Waals surface area contributed by atoms with Crippen LogP contribution >= 0.6 is 0 Å². The molecule has 1 aliphatic rings. The van der Waals surface area contributed by atoms with Gasteiger partial charge in [-0.05, 0) is 17.5 Å². The largest absolute Gasteiger partial charge is 0.389 e. The van der Waals surface area contributed by atoms with E-state index < -0.39 is 5.60 Å². The highest BCUT2D eigenvalue weighted by Gasteiger charge is 2.50. The molecule has 2 heteroatoms. The maximum atomic E-state index is 11.8. The van der Waals surface area contributed by atoms with Crippen molar-refractivity contribution in [1.82, 2.24) is 5.32 Å². The van der Waals surface area contributed by atoms with Crippen LogP contribution in [-0.4, -0.2) is 10.7 Å². The van der Waals surface area contributed by atoms with E-state index in [2.05, 4.69) is 86.8 Å². The normalized spacial score (nSPS) is 32.5. The molecule has 2 nitrogen and oxygen atoms in total. The smallest absolute Gasteiger partial charge is 0.0734 e. The van der Waals surface area contributed by atoms with Gasteiger partial charge in [-0.15, -0.1) is 0 Å².